The monoisotopic (exact) mass is 188 g/mol. The minimum atomic E-state index is -0.590. The Morgan fingerprint density at radius 3 is 2.64 bits per heavy atom. The van der Waals surface area contributed by atoms with Gasteiger partial charge in [0.1, 0.15) is 0 Å². The first-order valence-corrected chi connectivity index (χ1v) is 4.03. The molecule has 0 atom stereocenters. The molecule has 0 radical (unpaired) electrons. The van der Waals surface area contributed by atoms with Crippen molar-refractivity contribution in [1.29, 1.82) is 0 Å². The molecule has 5 nitrogen and oxygen atoms in total. The second-order valence-corrected chi connectivity index (χ2v) is 2.75. The van der Waals surface area contributed by atoms with Crippen LogP contribution in [0.25, 0.3) is 11.0 Å². The van der Waals surface area contributed by atoms with Gasteiger partial charge in [0.15, 0.2) is 0 Å². The number of rotatable bonds is 1. The van der Waals surface area contributed by atoms with E-state index in [2.05, 4.69) is 15.3 Å². The van der Waals surface area contributed by atoms with Gasteiger partial charge in [-0.25, -0.2) is 4.79 Å². The van der Waals surface area contributed by atoms with Crippen LogP contribution in [0.15, 0.2) is 30.6 Å². The van der Waals surface area contributed by atoms with E-state index in [1.54, 1.807) is 30.6 Å². The maximum absolute atomic E-state index is 10.6. The topological polar surface area (TPSA) is 80.9 Å². The highest BCUT2D eigenvalue weighted by Gasteiger charge is 1.98. The zero-order valence-electron chi connectivity index (χ0n) is 7.27. The third-order valence-electron chi connectivity index (χ3n) is 1.74. The average molecular weight is 188 g/mol. The predicted molar refractivity (Wildman–Crippen MR) is 52.7 cm³/mol. The Balaban J connectivity index is 2.46. The first kappa shape index (κ1) is 8.43. The largest absolute Gasteiger partial charge is 0.351 e. The number of urea groups is 1. The third-order valence-corrected chi connectivity index (χ3v) is 1.74. The Morgan fingerprint density at radius 2 is 1.93 bits per heavy atom. The van der Waals surface area contributed by atoms with Gasteiger partial charge in [0, 0.05) is 18.1 Å². The number of fused-ring (bicyclic) bond motifs is 1. The second-order valence-electron chi connectivity index (χ2n) is 2.75. The minimum Gasteiger partial charge on any atom is -0.351 e. The molecule has 0 aliphatic heterocycles. The van der Waals surface area contributed by atoms with E-state index in [1.807, 2.05) is 0 Å². The Kier molecular flexibility index (Phi) is 1.98. The van der Waals surface area contributed by atoms with E-state index in [4.69, 9.17) is 5.73 Å². The first-order chi connectivity index (χ1) is 6.75. The second kappa shape index (κ2) is 3.29. The molecule has 14 heavy (non-hydrogen) atoms. The van der Waals surface area contributed by atoms with Gasteiger partial charge in [-0.15, -0.1) is 0 Å². The van der Waals surface area contributed by atoms with E-state index < -0.39 is 6.03 Å². The summed E-state index contributed by atoms with van der Waals surface area (Å²) in [4.78, 5) is 18.8. The number of carbonyl (C=O) groups is 1. The van der Waals surface area contributed by atoms with Gasteiger partial charge in [0.05, 0.1) is 11.0 Å². The van der Waals surface area contributed by atoms with Crippen molar-refractivity contribution in [2.45, 2.75) is 0 Å². The highest BCUT2D eigenvalue weighted by molar-refractivity contribution is 5.90. The number of amides is 2. The third kappa shape index (κ3) is 1.61. The van der Waals surface area contributed by atoms with E-state index in [0.29, 0.717) is 5.69 Å². The van der Waals surface area contributed by atoms with Gasteiger partial charge in [-0.05, 0) is 18.2 Å². The van der Waals surface area contributed by atoms with Crippen LogP contribution in [0.5, 0.6) is 0 Å². The molecule has 0 aliphatic carbocycles. The zero-order chi connectivity index (χ0) is 9.97. The number of benzene rings is 1. The van der Waals surface area contributed by atoms with Gasteiger partial charge in [-0.2, -0.15) is 0 Å². The standard InChI is InChI=1S/C9H8N4O/c10-9(14)13-6-1-2-7-8(5-6)12-4-3-11-7/h1-5H,(H3,10,13,14). The number of nitrogens with zero attached hydrogens (tertiary/aromatic N) is 2. The molecular formula is C9H8N4O. The van der Waals surface area contributed by atoms with Crippen molar-refractivity contribution in [2.24, 2.45) is 5.73 Å². The normalized spacial score (nSPS) is 10.0. The van der Waals surface area contributed by atoms with Gasteiger partial charge < -0.3 is 11.1 Å². The van der Waals surface area contributed by atoms with Crippen LogP contribution in [-0.4, -0.2) is 16.0 Å². The SMILES string of the molecule is NC(=O)Nc1ccc2nccnc2c1. The highest BCUT2D eigenvalue weighted by atomic mass is 16.2. The molecule has 0 saturated heterocycles. The number of nitrogens with two attached hydrogens (primary N) is 1. The lowest BCUT2D eigenvalue weighted by molar-refractivity contribution is 0.259. The highest BCUT2D eigenvalue weighted by Crippen LogP contribution is 2.14. The molecule has 0 bridgehead atoms. The van der Waals surface area contributed by atoms with Crippen LogP contribution < -0.4 is 11.1 Å². The fraction of sp³-hybridized carbons (Fsp3) is 0. The van der Waals surface area contributed by atoms with Crippen LogP contribution in [0.1, 0.15) is 0 Å². The van der Waals surface area contributed by atoms with Crippen LogP contribution in [-0.2, 0) is 0 Å². The quantitative estimate of drug-likeness (QED) is 0.703. The van der Waals surface area contributed by atoms with E-state index in [9.17, 15) is 4.79 Å². The maximum Gasteiger partial charge on any atom is 0.316 e. The molecular weight excluding hydrogens is 180 g/mol. The fourth-order valence-electron chi connectivity index (χ4n) is 1.18. The van der Waals surface area contributed by atoms with Crippen LogP contribution in [0.3, 0.4) is 0 Å². The van der Waals surface area contributed by atoms with Crippen molar-refractivity contribution < 1.29 is 4.79 Å². The van der Waals surface area contributed by atoms with Crippen molar-refractivity contribution in [3.63, 3.8) is 0 Å². The molecule has 5 heteroatoms. The zero-order valence-corrected chi connectivity index (χ0v) is 7.27. The van der Waals surface area contributed by atoms with Crippen LogP contribution in [0.4, 0.5) is 10.5 Å². The molecule has 0 unspecified atom stereocenters. The van der Waals surface area contributed by atoms with Gasteiger partial charge in [-0.1, -0.05) is 0 Å². The van der Waals surface area contributed by atoms with E-state index >= 15 is 0 Å². The predicted octanol–water partition coefficient (Wildman–Crippen LogP) is 1.12. The summed E-state index contributed by atoms with van der Waals surface area (Å²) >= 11 is 0. The summed E-state index contributed by atoms with van der Waals surface area (Å²) in [5.74, 6) is 0. The minimum absolute atomic E-state index is 0.590. The molecule has 0 spiro atoms. The lowest BCUT2D eigenvalue weighted by atomic mass is 10.2. The molecule has 2 rings (SSSR count). The van der Waals surface area contributed by atoms with Gasteiger partial charge >= 0.3 is 6.03 Å². The summed E-state index contributed by atoms with van der Waals surface area (Å²) in [6.07, 6.45) is 3.21. The lowest BCUT2D eigenvalue weighted by Gasteiger charge is -2.01. The summed E-state index contributed by atoms with van der Waals surface area (Å²) in [6.45, 7) is 0. The average Bonchev–Trinajstić information content (AvgIpc) is 2.17. The molecule has 0 fully saturated rings. The molecule has 2 aromatic rings. The fourth-order valence-corrected chi connectivity index (χ4v) is 1.18. The molecule has 1 aromatic carbocycles. The number of hydrogen-bond donors (Lipinski definition) is 2. The maximum atomic E-state index is 10.6. The first-order valence-electron chi connectivity index (χ1n) is 4.03. The van der Waals surface area contributed by atoms with Crippen molar-refractivity contribution in [1.82, 2.24) is 9.97 Å². The van der Waals surface area contributed by atoms with Gasteiger partial charge in [-0.3, -0.25) is 9.97 Å². The number of anilines is 1. The molecule has 1 aromatic heterocycles. The number of aromatic nitrogens is 2. The molecule has 3 N–H and O–H groups in total. The molecule has 1 heterocycles. The van der Waals surface area contributed by atoms with Crippen LogP contribution >= 0.6 is 0 Å². The summed E-state index contributed by atoms with van der Waals surface area (Å²) in [5, 5.41) is 2.47. The summed E-state index contributed by atoms with van der Waals surface area (Å²) in [7, 11) is 0. The van der Waals surface area contributed by atoms with E-state index in [1.165, 1.54) is 0 Å². The summed E-state index contributed by atoms with van der Waals surface area (Å²) in [5.41, 5.74) is 7.10. The number of nitrogens with one attached hydrogen (secondary N) is 1. The molecule has 0 aliphatic rings. The van der Waals surface area contributed by atoms with Crippen molar-refractivity contribution >= 4 is 22.8 Å². The van der Waals surface area contributed by atoms with Gasteiger partial charge in [0.25, 0.3) is 0 Å². The number of hydrogen-bond acceptors (Lipinski definition) is 3. The number of carbonyl (C=O) groups excluding carboxylic acids is 1. The molecule has 2 amide bonds. The molecule has 0 saturated carbocycles. The van der Waals surface area contributed by atoms with Crippen LogP contribution in [0.2, 0.25) is 0 Å². The summed E-state index contributed by atoms with van der Waals surface area (Å²) < 4.78 is 0. The van der Waals surface area contributed by atoms with Crippen molar-refractivity contribution in [3.8, 4) is 0 Å². The summed E-state index contributed by atoms with van der Waals surface area (Å²) in [6, 6.07) is 4.62. The Morgan fingerprint density at radius 1 is 1.21 bits per heavy atom. The number of primary amides is 1. The Labute approximate surface area is 80.0 Å². The van der Waals surface area contributed by atoms with Crippen molar-refractivity contribution in [3.05, 3.63) is 30.6 Å². The van der Waals surface area contributed by atoms with Gasteiger partial charge in [0.2, 0.25) is 0 Å². The van der Waals surface area contributed by atoms with E-state index in [-0.39, 0.29) is 0 Å². The van der Waals surface area contributed by atoms with Crippen LogP contribution in [0, 0.1) is 0 Å². The van der Waals surface area contributed by atoms with Crippen molar-refractivity contribution in [2.75, 3.05) is 5.32 Å². The smallest absolute Gasteiger partial charge is 0.316 e. The lowest BCUT2D eigenvalue weighted by Crippen LogP contribution is -2.19. The molecule has 70 valence electrons. The van der Waals surface area contributed by atoms with E-state index in [0.717, 1.165) is 11.0 Å². The Bertz CT molecular complexity index is 483. The Hall–Kier alpha value is -2.17.